The van der Waals surface area contributed by atoms with E-state index >= 15 is 0 Å². The van der Waals surface area contributed by atoms with E-state index in [0.717, 1.165) is 17.0 Å². The largest absolute Gasteiger partial charge is 0.465 e. The van der Waals surface area contributed by atoms with Crippen LogP contribution in [-0.2, 0) is 11.2 Å². The summed E-state index contributed by atoms with van der Waals surface area (Å²) in [7, 11) is 1.35. The number of anilines is 3. The fourth-order valence-electron chi connectivity index (χ4n) is 2.55. The monoisotopic (exact) mass is 382 g/mol. The highest BCUT2D eigenvalue weighted by atomic mass is 35.5. The van der Waals surface area contributed by atoms with Crippen molar-refractivity contribution in [3.8, 4) is 0 Å². The van der Waals surface area contributed by atoms with Crippen LogP contribution in [0.15, 0.2) is 60.8 Å². The maximum atomic E-state index is 11.9. The lowest BCUT2D eigenvalue weighted by Gasteiger charge is -2.11. The Bertz CT molecular complexity index is 933. The molecule has 0 radical (unpaired) electrons. The van der Waals surface area contributed by atoms with Gasteiger partial charge in [-0.15, -0.1) is 0 Å². The quantitative estimate of drug-likeness (QED) is 0.593. The molecule has 27 heavy (non-hydrogen) atoms. The maximum absolute atomic E-state index is 11.9. The topological polar surface area (TPSA) is 76.1 Å². The van der Waals surface area contributed by atoms with Gasteiger partial charge in [0.25, 0.3) is 0 Å². The number of esters is 1. The van der Waals surface area contributed by atoms with Crippen molar-refractivity contribution < 1.29 is 9.53 Å². The molecular formula is C20H19ClN4O2. The van der Waals surface area contributed by atoms with E-state index in [-0.39, 0.29) is 0 Å². The number of para-hydroxylation sites is 1. The molecule has 138 valence electrons. The summed E-state index contributed by atoms with van der Waals surface area (Å²) >= 11 is 6.00. The molecule has 0 bridgehead atoms. The van der Waals surface area contributed by atoms with Gasteiger partial charge in [0.1, 0.15) is 5.82 Å². The first kappa shape index (κ1) is 18.7. The van der Waals surface area contributed by atoms with Crippen molar-refractivity contribution in [3.63, 3.8) is 0 Å². The van der Waals surface area contributed by atoms with Crippen molar-refractivity contribution in [2.45, 2.75) is 6.42 Å². The Morgan fingerprint density at radius 1 is 1.15 bits per heavy atom. The van der Waals surface area contributed by atoms with E-state index < -0.39 is 5.97 Å². The Labute approximate surface area is 162 Å². The molecule has 0 atom stereocenters. The predicted molar refractivity (Wildman–Crippen MR) is 107 cm³/mol. The maximum Gasteiger partial charge on any atom is 0.339 e. The van der Waals surface area contributed by atoms with E-state index in [1.54, 1.807) is 30.5 Å². The van der Waals surface area contributed by atoms with Gasteiger partial charge in [-0.25, -0.2) is 9.78 Å². The summed E-state index contributed by atoms with van der Waals surface area (Å²) in [6.45, 7) is 0.704. The Kier molecular flexibility index (Phi) is 6.22. The van der Waals surface area contributed by atoms with Crippen molar-refractivity contribution in [1.82, 2.24) is 9.97 Å². The summed E-state index contributed by atoms with van der Waals surface area (Å²) in [5, 5.41) is 7.05. The second-order valence-electron chi connectivity index (χ2n) is 5.73. The van der Waals surface area contributed by atoms with Gasteiger partial charge in [-0.1, -0.05) is 35.9 Å². The zero-order valence-electron chi connectivity index (χ0n) is 14.8. The first-order chi connectivity index (χ1) is 13.2. The van der Waals surface area contributed by atoms with E-state index in [9.17, 15) is 4.79 Å². The van der Waals surface area contributed by atoms with Gasteiger partial charge in [-0.05, 0) is 42.3 Å². The molecule has 2 N–H and O–H groups in total. The molecule has 0 saturated carbocycles. The van der Waals surface area contributed by atoms with E-state index in [1.165, 1.54) is 7.11 Å². The SMILES string of the molecule is COC(=O)c1ccccc1Nc1nccc(NCCc2cccc(Cl)c2)n1. The van der Waals surface area contributed by atoms with Gasteiger partial charge in [0.15, 0.2) is 0 Å². The number of nitrogens with zero attached hydrogens (tertiary/aromatic N) is 2. The second kappa shape index (κ2) is 9.00. The van der Waals surface area contributed by atoms with Crippen LogP contribution in [0.1, 0.15) is 15.9 Å². The first-order valence-electron chi connectivity index (χ1n) is 8.41. The minimum Gasteiger partial charge on any atom is -0.465 e. The van der Waals surface area contributed by atoms with Crippen LogP contribution in [0.3, 0.4) is 0 Å². The van der Waals surface area contributed by atoms with Gasteiger partial charge in [0.05, 0.1) is 18.4 Å². The highest BCUT2D eigenvalue weighted by Gasteiger charge is 2.12. The average molecular weight is 383 g/mol. The summed E-state index contributed by atoms with van der Waals surface area (Å²) in [6, 6.07) is 16.6. The predicted octanol–water partition coefficient (Wildman–Crippen LogP) is 4.31. The van der Waals surface area contributed by atoms with Gasteiger partial charge >= 0.3 is 5.97 Å². The van der Waals surface area contributed by atoms with E-state index in [4.69, 9.17) is 16.3 Å². The minimum absolute atomic E-state index is 0.388. The molecule has 3 aromatic rings. The molecule has 0 saturated heterocycles. The summed E-state index contributed by atoms with van der Waals surface area (Å²) in [6.07, 6.45) is 2.47. The molecule has 7 heteroatoms. The Balaban J connectivity index is 1.65. The molecule has 1 aromatic heterocycles. The van der Waals surface area contributed by atoms with E-state index in [2.05, 4.69) is 20.6 Å². The molecule has 2 aromatic carbocycles. The molecule has 0 aliphatic rings. The highest BCUT2D eigenvalue weighted by Crippen LogP contribution is 2.20. The van der Waals surface area contributed by atoms with Crippen LogP contribution in [0.4, 0.5) is 17.5 Å². The third-order valence-electron chi connectivity index (χ3n) is 3.84. The van der Waals surface area contributed by atoms with Crippen molar-refractivity contribution in [3.05, 3.63) is 76.9 Å². The van der Waals surface area contributed by atoms with Crippen LogP contribution in [0.25, 0.3) is 0 Å². The summed E-state index contributed by atoms with van der Waals surface area (Å²) in [5.74, 6) is 0.651. The number of hydrogen-bond acceptors (Lipinski definition) is 6. The Morgan fingerprint density at radius 2 is 2.00 bits per heavy atom. The van der Waals surface area contributed by atoms with Gasteiger partial charge in [0, 0.05) is 17.8 Å². The lowest BCUT2D eigenvalue weighted by Crippen LogP contribution is -2.09. The Hall–Kier alpha value is -3.12. The van der Waals surface area contributed by atoms with Crippen molar-refractivity contribution in [2.75, 3.05) is 24.3 Å². The molecule has 0 unspecified atom stereocenters. The molecule has 6 nitrogen and oxygen atoms in total. The fourth-order valence-corrected chi connectivity index (χ4v) is 2.76. The third kappa shape index (κ3) is 5.18. The number of nitrogens with one attached hydrogen (secondary N) is 2. The lowest BCUT2D eigenvalue weighted by atomic mass is 10.1. The zero-order valence-corrected chi connectivity index (χ0v) is 15.5. The molecule has 0 aliphatic carbocycles. The van der Waals surface area contributed by atoms with Crippen molar-refractivity contribution in [1.29, 1.82) is 0 Å². The van der Waals surface area contributed by atoms with Crippen LogP contribution in [0, 0.1) is 0 Å². The molecule has 0 amide bonds. The smallest absolute Gasteiger partial charge is 0.339 e. The summed E-state index contributed by atoms with van der Waals surface area (Å²) in [4.78, 5) is 20.5. The van der Waals surface area contributed by atoms with Gasteiger partial charge < -0.3 is 15.4 Å². The molecule has 0 fully saturated rings. The van der Waals surface area contributed by atoms with Crippen LogP contribution < -0.4 is 10.6 Å². The summed E-state index contributed by atoms with van der Waals surface area (Å²) in [5.41, 5.74) is 2.15. The summed E-state index contributed by atoms with van der Waals surface area (Å²) < 4.78 is 4.80. The van der Waals surface area contributed by atoms with Gasteiger partial charge in [0.2, 0.25) is 5.95 Å². The number of ether oxygens (including phenoxy) is 1. The van der Waals surface area contributed by atoms with Crippen molar-refractivity contribution in [2.24, 2.45) is 0 Å². The fraction of sp³-hybridized carbons (Fsp3) is 0.150. The second-order valence-corrected chi connectivity index (χ2v) is 6.17. The number of aromatic nitrogens is 2. The van der Waals surface area contributed by atoms with Crippen LogP contribution in [0.5, 0.6) is 0 Å². The molecule has 1 heterocycles. The first-order valence-corrected chi connectivity index (χ1v) is 8.79. The molecule has 0 spiro atoms. The number of hydrogen-bond donors (Lipinski definition) is 2. The van der Waals surface area contributed by atoms with Crippen LogP contribution >= 0.6 is 11.6 Å². The number of benzene rings is 2. The zero-order chi connectivity index (χ0) is 19.1. The van der Waals surface area contributed by atoms with Crippen LogP contribution in [0.2, 0.25) is 5.02 Å². The number of halogens is 1. The Morgan fingerprint density at radius 3 is 2.81 bits per heavy atom. The standard InChI is InChI=1S/C20H19ClN4O2/c1-27-19(26)16-7-2-3-8-17(16)24-20-23-12-10-18(25-20)22-11-9-14-5-4-6-15(21)13-14/h2-8,10,12-13H,9,11H2,1H3,(H2,22,23,24,25). The van der Waals surface area contributed by atoms with Crippen LogP contribution in [-0.4, -0.2) is 29.6 Å². The van der Waals surface area contributed by atoms with E-state index in [1.807, 2.05) is 30.3 Å². The normalized spacial score (nSPS) is 10.3. The third-order valence-corrected chi connectivity index (χ3v) is 4.08. The molecule has 3 rings (SSSR count). The highest BCUT2D eigenvalue weighted by molar-refractivity contribution is 6.30. The van der Waals surface area contributed by atoms with Gasteiger partial charge in [-0.2, -0.15) is 4.98 Å². The molecule has 0 aliphatic heterocycles. The van der Waals surface area contributed by atoms with E-state index in [0.29, 0.717) is 29.6 Å². The number of carbonyl (C=O) groups is 1. The molecular weight excluding hydrogens is 364 g/mol. The minimum atomic E-state index is -0.422. The lowest BCUT2D eigenvalue weighted by molar-refractivity contribution is 0.0602. The number of carbonyl (C=O) groups excluding carboxylic acids is 1. The van der Waals surface area contributed by atoms with Gasteiger partial charge in [-0.3, -0.25) is 0 Å². The average Bonchev–Trinajstić information content (AvgIpc) is 2.68. The van der Waals surface area contributed by atoms with Crippen molar-refractivity contribution >= 4 is 35.0 Å². The number of rotatable bonds is 7. The number of methoxy groups -OCH3 is 1.